The van der Waals surface area contributed by atoms with Crippen LogP contribution in [-0.4, -0.2) is 29.2 Å². The Bertz CT molecular complexity index is 290. The van der Waals surface area contributed by atoms with E-state index in [1.165, 1.54) is 12.3 Å². The van der Waals surface area contributed by atoms with E-state index in [4.69, 9.17) is 0 Å². The molecule has 1 aromatic heterocycles. The largest absolute Gasteiger partial charge is 0.369 e. The van der Waals surface area contributed by atoms with Crippen LogP contribution in [0.3, 0.4) is 0 Å². The van der Waals surface area contributed by atoms with Gasteiger partial charge in [-0.1, -0.05) is 0 Å². The van der Waals surface area contributed by atoms with Gasteiger partial charge in [0, 0.05) is 6.20 Å². The molecule has 86 valence electrons. The van der Waals surface area contributed by atoms with Crippen LogP contribution in [0.5, 0.6) is 0 Å². The van der Waals surface area contributed by atoms with Crippen molar-refractivity contribution in [2.45, 2.75) is 26.0 Å². The third kappa shape index (κ3) is 4.78. The molecule has 0 radical (unpaired) electrons. The van der Waals surface area contributed by atoms with Crippen LogP contribution in [0.25, 0.3) is 0 Å². The van der Waals surface area contributed by atoms with E-state index in [1.54, 1.807) is 0 Å². The van der Waals surface area contributed by atoms with Gasteiger partial charge in [0.1, 0.15) is 13.2 Å². The number of hydrogen-bond donors (Lipinski definition) is 0. The zero-order chi connectivity index (χ0) is 11.3. The molecule has 1 heterocycles. The molecule has 0 aliphatic rings. The average Bonchev–Trinajstić information content (AvgIpc) is 2.50. The fourth-order valence-corrected chi connectivity index (χ4v) is 0.976. The van der Waals surface area contributed by atoms with Crippen molar-refractivity contribution in [2.75, 3.05) is 6.61 Å². The van der Waals surface area contributed by atoms with Crippen LogP contribution in [0.4, 0.5) is 17.6 Å². The maximum Gasteiger partial charge on any atom is 0.261 e. The predicted octanol–water partition coefficient (Wildman–Crippen LogP) is 1.93. The Morgan fingerprint density at radius 3 is 2.60 bits per heavy atom. The lowest BCUT2D eigenvalue weighted by Gasteiger charge is -2.01. The molecule has 0 aliphatic carbocycles. The number of rotatable bonds is 6. The number of halogens is 4. The van der Waals surface area contributed by atoms with Crippen molar-refractivity contribution in [1.29, 1.82) is 0 Å². The summed E-state index contributed by atoms with van der Waals surface area (Å²) in [5.41, 5.74) is 0.358. The van der Waals surface area contributed by atoms with Crippen molar-refractivity contribution in [2.24, 2.45) is 0 Å². The summed E-state index contributed by atoms with van der Waals surface area (Å²) in [4.78, 5) is 0. The highest BCUT2D eigenvalue weighted by Gasteiger charge is 2.07. The molecule has 0 saturated heterocycles. The maximum absolute atomic E-state index is 11.9. The standard InChI is InChI=1S/C8H10F4N2O/c9-7(10)3-14-2-1-6(13-14)4-15-5-8(11)12/h1-2,7-8H,3-5H2. The molecular formula is C8H10F4N2O. The summed E-state index contributed by atoms with van der Waals surface area (Å²) in [5.74, 6) is 0. The molecule has 7 heteroatoms. The van der Waals surface area contributed by atoms with Gasteiger partial charge in [0.15, 0.2) is 0 Å². The minimum absolute atomic E-state index is 0.0966. The van der Waals surface area contributed by atoms with Crippen LogP contribution in [0.2, 0.25) is 0 Å². The van der Waals surface area contributed by atoms with Gasteiger partial charge < -0.3 is 4.74 Å². The van der Waals surface area contributed by atoms with Gasteiger partial charge in [0.2, 0.25) is 0 Å². The van der Waals surface area contributed by atoms with E-state index in [0.717, 1.165) is 4.68 Å². The summed E-state index contributed by atoms with van der Waals surface area (Å²) in [6.07, 6.45) is -3.67. The Labute approximate surface area is 83.6 Å². The van der Waals surface area contributed by atoms with Crippen molar-refractivity contribution in [3.63, 3.8) is 0 Å². The summed E-state index contributed by atoms with van der Waals surface area (Å²) in [7, 11) is 0. The van der Waals surface area contributed by atoms with Gasteiger partial charge in [-0.3, -0.25) is 4.68 Å². The van der Waals surface area contributed by atoms with E-state index in [2.05, 4.69) is 9.84 Å². The number of ether oxygens (including phenoxy) is 1. The number of aromatic nitrogens is 2. The number of nitrogens with zero attached hydrogens (tertiary/aromatic N) is 2. The van der Waals surface area contributed by atoms with E-state index in [0.29, 0.717) is 5.69 Å². The van der Waals surface area contributed by atoms with Crippen molar-refractivity contribution in [3.05, 3.63) is 18.0 Å². The molecule has 0 amide bonds. The summed E-state index contributed by atoms with van der Waals surface area (Å²) >= 11 is 0. The Balaban J connectivity index is 2.33. The Hall–Kier alpha value is -1.11. The zero-order valence-corrected chi connectivity index (χ0v) is 7.75. The van der Waals surface area contributed by atoms with Crippen molar-refractivity contribution < 1.29 is 22.3 Å². The Morgan fingerprint density at radius 1 is 1.27 bits per heavy atom. The van der Waals surface area contributed by atoms with Crippen molar-refractivity contribution >= 4 is 0 Å². The van der Waals surface area contributed by atoms with Gasteiger partial charge in [-0.05, 0) is 6.07 Å². The highest BCUT2D eigenvalue weighted by atomic mass is 19.3. The van der Waals surface area contributed by atoms with Crippen LogP contribution in [-0.2, 0) is 17.9 Å². The molecule has 0 N–H and O–H groups in total. The lowest BCUT2D eigenvalue weighted by atomic mass is 10.5. The molecule has 0 fully saturated rings. The zero-order valence-electron chi connectivity index (χ0n) is 7.75. The second kappa shape index (κ2) is 5.69. The normalized spacial score (nSPS) is 11.6. The van der Waals surface area contributed by atoms with Crippen LogP contribution in [0.15, 0.2) is 12.3 Å². The smallest absolute Gasteiger partial charge is 0.261 e. The SMILES string of the molecule is FC(F)COCc1ccn(CC(F)F)n1. The van der Waals surface area contributed by atoms with Crippen LogP contribution >= 0.6 is 0 Å². The highest BCUT2D eigenvalue weighted by molar-refractivity contribution is 4.97. The predicted molar refractivity (Wildman–Crippen MR) is 43.9 cm³/mol. The molecule has 1 aromatic rings. The highest BCUT2D eigenvalue weighted by Crippen LogP contribution is 2.03. The van der Waals surface area contributed by atoms with Gasteiger partial charge >= 0.3 is 0 Å². The van der Waals surface area contributed by atoms with Crippen molar-refractivity contribution in [1.82, 2.24) is 9.78 Å². The van der Waals surface area contributed by atoms with Crippen LogP contribution in [0, 0.1) is 0 Å². The fourth-order valence-electron chi connectivity index (χ4n) is 0.976. The lowest BCUT2D eigenvalue weighted by molar-refractivity contribution is 0.00858. The molecule has 0 saturated carbocycles. The molecule has 0 aliphatic heterocycles. The number of alkyl halides is 4. The minimum Gasteiger partial charge on any atom is -0.369 e. The first-order valence-corrected chi connectivity index (χ1v) is 4.24. The molecular weight excluding hydrogens is 216 g/mol. The molecule has 1 rings (SSSR count). The van der Waals surface area contributed by atoms with Crippen LogP contribution < -0.4 is 0 Å². The quantitative estimate of drug-likeness (QED) is 0.693. The van der Waals surface area contributed by atoms with Crippen molar-refractivity contribution in [3.8, 4) is 0 Å². The van der Waals surface area contributed by atoms with E-state index in [-0.39, 0.29) is 6.61 Å². The summed E-state index contributed by atoms with van der Waals surface area (Å²) < 4.78 is 52.8. The molecule has 0 spiro atoms. The summed E-state index contributed by atoms with van der Waals surface area (Å²) in [5, 5.41) is 3.71. The third-order valence-electron chi connectivity index (χ3n) is 1.51. The number of hydrogen-bond acceptors (Lipinski definition) is 2. The van der Waals surface area contributed by atoms with E-state index >= 15 is 0 Å². The molecule has 0 atom stereocenters. The maximum atomic E-state index is 11.9. The lowest BCUT2D eigenvalue weighted by Crippen LogP contribution is -2.08. The summed E-state index contributed by atoms with van der Waals surface area (Å²) in [6, 6.07) is 1.45. The molecule has 15 heavy (non-hydrogen) atoms. The van der Waals surface area contributed by atoms with Gasteiger partial charge in [-0.15, -0.1) is 0 Å². The minimum atomic E-state index is -2.53. The molecule has 3 nitrogen and oxygen atoms in total. The summed E-state index contributed by atoms with van der Waals surface area (Å²) in [6.45, 7) is -1.28. The average molecular weight is 226 g/mol. The second-order valence-electron chi connectivity index (χ2n) is 2.83. The van der Waals surface area contributed by atoms with Gasteiger partial charge in [0.25, 0.3) is 12.9 Å². The topological polar surface area (TPSA) is 27.1 Å². The Kier molecular flexibility index (Phi) is 4.54. The Morgan fingerprint density at radius 2 is 2.00 bits per heavy atom. The van der Waals surface area contributed by atoms with E-state index in [9.17, 15) is 17.6 Å². The third-order valence-corrected chi connectivity index (χ3v) is 1.51. The van der Waals surface area contributed by atoms with Gasteiger partial charge in [0.05, 0.1) is 12.3 Å². The molecule has 0 unspecified atom stereocenters. The van der Waals surface area contributed by atoms with Gasteiger partial charge in [-0.25, -0.2) is 17.6 Å². The van der Waals surface area contributed by atoms with Gasteiger partial charge in [-0.2, -0.15) is 5.10 Å². The first kappa shape index (κ1) is 12.0. The molecule has 0 aromatic carbocycles. The second-order valence-corrected chi connectivity index (χ2v) is 2.83. The van der Waals surface area contributed by atoms with Crippen LogP contribution in [0.1, 0.15) is 5.69 Å². The first-order valence-electron chi connectivity index (χ1n) is 4.24. The van der Waals surface area contributed by atoms with E-state index < -0.39 is 26.0 Å². The van der Waals surface area contributed by atoms with E-state index in [1.807, 2.05) is 0 Å². The first-order chi connectivity index (χ1) is 7.08. The molecule has 0 bridgehead atoms. The monoisotopic (exact) mass is 226 g/mol. The fraction of sp³-hybridized carbons (Fsp3) is 0.625.